The van der Waals surface area contributed by atoms with E-state index in [1.165, 1.54) is 29.5 Å². The number of aromatic nitrogens is 2. The number of hydrogen-bond donors (Lipinski definition) is 1. The molecule has 0 fully saturated rings. The Balaban J connectivity index is 1.97. The van der Waals surface area contributed by atoms with E-state index in [1.54, 1.807) is 0 Å². The Labute approximate surface area is 130 Å². The van der Waals surface area contributed by atoms with Gasteiger partial charge < -0.3 is 10.1 Å². The molecule has 0 unspecified atom stereocenters. The van der Waals surface area contributed by atoms with Gasteiger partial charge in [0.15, 0.2) is 4.96 Å². The lowest BCUT2D eigenvalue weighted by Gasteiger charge is -2.08. The molecule has 0 saturated carbocycles. The van der Waals surface area contributed by atoms with Gasteiger partial charge in [-0.2, -0.15) is 4.98 Å². The van der Waals surface area contributed by atoms with Crippen molar-refractivity contribution in [3.63, 3.8) is 0 Å². The first kappa shape index (κ1) is 14.3. The molecule has 110 valence electrons. The molecule has 0 aliphatic rings. The largest absolute Gasteiger partial charge is 0.436 e. The lowest BCUT2D eigenvalue weighted by atomic mass is 10.3. The molecule has 0 amide bonds. The number of fused-ring (bicyclic) bond motifs is 1. The quantitative estimate of drug-likeness (QED) is 0.768. The molecule has 4 nitrogen and oxygen atoms in total. The van der Waals surface area contributed by atoms with Crippen LogP contribution in [0, 0.1) is 5.82 Å². The molecule has 0 aliphatic heterocycles. The third kappa shape index (κ3) is 2.88. The van der Waals surface area contributed by atoms with Gasteiger partial charge in [-0.25, -0.2) is 4.39 Å². The minimum atomic E-state index is -0.397. The van der Waals surface area contributed by atoms with Crippen molar-refractivity contribution in [3.8, 4) is 11.6 Å². The Morgan fingerprint density at radius 3 is 3.10 bits per heavy atom. The maximum Gasteiger partial charge on any atom is 0.243 e. The molecule has 2 aromatic heterocycles. The van der Waals surface area contributed by atoms with E-state index < -0.39 is 5.82 Å². The summed E-state index contributed by atoms with van der Waals surface area (Å²) in [6.07, 6.45) is 1.94. The molecule has 3 aromatic rings. The summed E-state index contributed by atoms with van der Waals surface area (Å²) in [7, 11) is 0. The molecular formula is C14H13ClFN3OS. The van der Waals surface area contributed by atoms with Crippen LogP contribution in [0.25, 0.3) is 4.96 Å². The molecular weight excluding hydrogens is 313 g/mol. The zero-order valence-corrected chi connectivity index (χ0v) is 12.8. The molecule has 0 bridgehead atoms. The predicted molar refractivity (Wildman–Crippen MR) is 81.9 cm³/mol. The number of halogens is 2. The molecule has 0 saturated heterocycles. The Kier molecular flexibility index (Phi) is 4.10. The summed E-state index contributed by atoms with van der Waals surface area (Å²) in [6, 6.07) is 4.03. The van der Waals surface area contributed by atoms with Gasteiger partial charge in [-0.05, 0) is 24.7 Å². The van der Waals surface area contributed by atoms with Crippen molar-refractivity contribution in [1.29, 1.82) is 0 Å². The van der Waals surface area contributed by atoms with Crippen LogP contribution in [0.4, 0.5) is 4.39 Å². The minimum Gasteiger partial charge on any atom is -0.436 e. The van der Waals surface area contributed by atoms with Crippen LogP contribution in [-0.2, 0) is 6.54 Å². The van der Waals surface area contributed by atoms with Crippen molar-refractivity contribution in [2.45, 2.75) is 13.5 Å². The van der Waals surface area contributed by atoms with Gasteiger partial charge in [0.1, 0.15) is 17.3 Å². The number of imidazole rings is 1. The Morgan fingerprint density at radius 2 is 2.33 bits per heavy atom. The fourth-order valence-corrected chi connectivity index (χ4v) is 2.89. The van der Waals surface area contributed by atoms with Crippen molar-refractivity contribution in [1.82, 2.24) is 14.7 Å². The van der Waals surface area contributed by atoms with Crippen molar-refractivity contribution >= 4 is 27.9 Å². The van der Waals surface area contributed by atoms with Crippen LogP contribution >= 0.6 is 22.9 Å². The van der Waals surface area contributed by atoms with Gasteiger partial charge in [-0.15, -0.1) is 11.3 Å². The highest BCUT2D eigenvalue weighted by atomic mass is 35.5. The molecule has 1 aromatic carbocycles. The summed E-state index contributed by atoms with van der Waals surface area (Å²) in [6.45, 7) is 3.50. The molecule has 3 rings (SSSR count). The first-order chi connectivity index (χ1) is 10.2. The summed E-state index contributed by atoms with van der Waals surface area (Å²) in [5.41, 5.74) is 0.911. The number of ether oxygens (including phenoxy) is 1. The fourth-order valence-electron chi connectivity index (χ4n) is 1.96. The second-order valence-corrected chi connectivity index (χ2v) is 5.66. The highest BCUT2D eigenvalue weighted by Crippen LogP contribution is 2.32. The topological polar surface area (TPSA) is 38.6 Å². The molecule has 0 radical (unpaired) electrons. The van der Waals surface area contributed by atoms with Gasteiger partial charge in [0.2, 0.25) is 5.88 Å². The predicted octanol–water partition coefficient (Wildman–Crippen LogP) is 4.09. The third-order valence-electron chi connectivity index (χ3n) is 2.97. The minimum absolute atomic E-state index is 0.223. The molecule has 2 heterocycles. The average molecular weight is 326 g/mol. The maximum absolute atomic E-state index is 13.1. The van der Waals surface area contributed by atoms with E-state index in [2.05, 4.69) is 10.3 Å². The van der Waals surface area contributed by atoms with Crippen LogP contribution in [0.15, 0.2) is 29.8 Å². The van der Waals surface area contributed by atoms with Gasteiger partial charge in [0.25, 0.3) is 0 Å². The van der Waals surface area contributed by atoms with E-state index >= 15 is 0 Å². The first-order valence-corrected chi connectivity index (χ1v) is 7.73. The van der Waals surface area contributed by atoms with Gasteiger partial charge in [0, 0.05) is 18.1 Å². The lowest BCUT2D eigenvalue weighted by molar-refractivity contribution is 0.455. The molecule has 1 N–H and O–H groups in total. The summed E-state index contributed by atoms with van der Waals surface area (Å²) in [4.78, 5) is 5.29. The van der Waals surface area contributed by atoms with Crippen LogP contribution in [0.5, 0.6) is 11.6 Å². The van der Waals surface area contributed by atoms with Crippen LogP contribution in [0.3, 0.4) is 0 Å². The van der Waals surface area contributed by atoms with Crippen LogP contribution in [0.1, 0.15) is 12.6 Å². The van der Waals surface area contributed by atoms with E-state index in [1.807, 2.05) is 22.9 Å². The smallest absolute Gasteiger partial charge is 0.243 e. The highest BCUT2D eigenvalue weighted by molar-refractivity contribution is 7.15. The van der Waals surface area contributed by atoms with Crippen molar-refractivity contribution in [2.75, 3.05) is 6.54 Å². The first-order valence-electron chi connectivity index (χ1n) is 6.47. The molecule has 0 spiro atoms. The Morgan fingerprint density at radius 1 is 1.48 bits per heavy atom. The number of benzene rings is 1. The van der Waals surface area contributed by atoms with Crippen LogP contribution in [0.2, 0.25) is 5.02 Å². The molecule has 0 atom stereocenters. The highest BCUT2D eigenvalue weighted by Gasteiger charge is 2.16. The molecule has 21 heavy (non-hydrogen) atoms. The second kappa shape index (κ2) is 6.01. The van der Waals surface area contributed by atoms with E-state index in [4.69, 9.17) is 16.3 Å². The second-order valence-electron chi connectivity index (χ2n) is 4.38. The normalized spacial score (nSPS) is 11.2. The summed E-state index contributed by atoms with van der Waals surface area (Å²) in [5, 5.41) is 5.44. The van der Waals surface area contributed by atoms with Crippen molar-refractivity contribution in [2.24, 2.45) is 0 Å². The Bertz CT molecular complexity index is 771. The maximum atomic E-state index is 13.1. The molecule has 7 heteroatoms. The number of thiazole rings is 1. The lowest BCUT2D eigenvalue weighted by Crippen LogP contribution is -2.13. The number of nitrogens with zero attached hydrogens (tertiary/aromatic N) is 2. The summed E-state index contributed by atoms with van der Waals surface area (Å²) in [5.74, 6) is 0.476. The van der Waals surface area contributed by atoms with E-state index in [-0.39, 0.29) is 5.02 Å². The summed E-state index contributed by atoms with van der Waals surface area (Å²) < 4.78 is 20.8. The van der Waals surface area contributed by atoms with Crippen molar-refractivity contribution < 1.29 is 9.13 Å². The van der Waals surface area contributed by atoms with Crippen LogP contribution in [-0.4, -0.2) is 15.9 Å². The van der Waals surface area contributed by atoms with E-state index in [0.717, 1.165) is 17.2 Å². The summed E-state index contributed by atoms with van der Waals surface area (Å²) >= 11 is 7.52. The van der Waals surface area contributed by atoms with Crippen LogP contribution < -0.4 is 10.1 Å². The average Bonchev–Trinajstić information content (AvgIpc) is 3.01. The number of rotatable bonds is 5. The SMILES string of the molecule is CCNCc1c(Oc2ccc(F)cc2Cl)nc2sccn12. The van der Waals surface area contributed by atoms with Gasteiger partial charge in [-0.3, -0.25) is 4.40 Å². The van der Waals surface area contributed by atoms with Gasteiger partial charge >= 0.3 is 0 Å². The zero-order valence-electron chi connectivity index (χ0n) is 11.3. The Hall–Kier alpha value is -1.63. The van der Waals surface area contributed by atoms with Gasteiger partial charge in [0.05, 0.1) is 5.02 Å². The van der Waals surface area contributed by atoms with Gasteiger partial charge in [-0.1, -0.05) is 18.5 Å². The monoisotopic (exact) mass is 325 g/mol. The van der Waals surface area contributed by atoms with E-state index in [9.17, 15) is 4.39 Å². The number of nitrogens with one attached hydrogen (secondary N) is 1. The zero-order chi connectivity index (χ0) is 14.8. The standard InChI is InChI=1S/C14H13ClFN3OS/c1-2-17-8-11-13(18-14-19(11)5-6-21-14)20-12-4-3-9(16)7-10(12)15/h3-7,17H,2,8H2,1H3. The van der Waals surface area contributed by atoms with E-state index in [0.29, 0.717) is 18.2 Å². The third-order valence-corrected chi connectivity index (χ3v) is 4.02. The number of hydrogen-bond acceptors (Lipinski definition) is 4. The molecule has 0 aliphatic carbocycles. The fraction of sp³-hybridized carbons (Fsp3) is 0.214. The van der Waals surface area contributed by atoms with Crippen molar-refractivity contribution in [3.05, 3.63) is 46.3 Å².